The zero-order valence-corrected chi connectivity index (χ0v) is 18.1. The average molecular weight is 434 g/mol. The van der Waals surface area contributed by atoms with E-state index in [1.165, 1.54) is 15.7 Å². The highest BCUT2D eigenvalue weighted by molar-refractivity contribution is 5.78. The number of para-hydroxylation sites is 2. The van der Waals surface area contributed by atoms with E-state index in [9.17, 15) is 9.59 Å². The minimum atomic E-state index is -0.312. The molecule has 0 aliphatic heterocycles. The molecule has 2 aromatic heterocycles. The monoisotopic (exact) mass is 434 g/mol. The minimum Gasteiger partial charge on any atom is -0.267 e. The molecule has 0 amide bonds. The molecule has 5 rings (SSSR count). The second kappa shape index (κ2) is 8.67. The number of hydrogen-bond donors (Lipinski definition) is 0. The van der Waals surface area contributed by atoms with Gasteiger partial charge in [0.2, 0.25) is 0 Å². The number of rotatable bonds is 5. The maximum atomic E-state index is 13.6. The first-order valence-electron chi connectivity index (χ1n) is 10.8. The van der Waals surface area contributed by atoms with Crippen LogP contribution < -0.4 is 11.1 Å². The maximum Gasteiger partial charge on any atom is 0.280 e. The van der Waals surface area contributed by atoms with Crippen LogP contribution in [0.4, 0.5) is 0 Å². The van der Waals surface area contributed by atoms with Crippen molar-refractivity contribution in [2.75, 3.05) is 0 Å². The van der Waals surface area contributed by atoms with E-state index >= 15 is 0 Å². The van der Waals surface area contributed by atoms with E-state index in [0.29, 0.717) is 34.1 Å². The molecule has 0 N–H and O–H groups in total. The summed E-state index contributed by atoms with van der Waals surface area (Å²) < 4.78 is 2.64. The van der Waals surface area contributed by atoms with Gasteiger partial charge in [0.05, 0.1) is 21.8 Å². The first kappa shape index (κ1) is 20.6. The molecule has 3 aromatic carbocycles. The summed E-state index contributed by atoms with van der Waals surface area (Å²) in [7, 11) is 0. The highest BCUT2D eigenvalue weighted by Gasteiger charge is 2.19. The molecule has 0 aliphatic carbocycles. The molecule has 0 aliphatic rings. The zero-order chi connectivity index (χ0) is 22.8. The van der Waals surface area contributed by atoms with Gasteiger partial charge in [-0.3, -0.25) is 9.59 Å². The molecule has 33 heavy (non-hydrogen) atoms. The highest BCUT2D eigenvalue weighted by Crippen LogP contribution is 2.20. The van der Waals surface area contributed by atoms with E-state index < -0.39 is 0 Å². The zero-order valence-electron chi connectivity index (χ0n) is 18.1. The third kappa shape index (κ3) is 3.87. The lowest BCUT2D eigenvalue weighted by atomic mass is 10.1. The molecule has 6 nitrogen and oxygen atoms in total. The normalized spacial score (nSPS) is 12.5. The number of allylic oxidation sites excluding steroid dienone is 1. The van der Waals surface area contributed by atoms with Crippen LogP contribution in [0.15, 0.2) is 101 Å². The summed E-state index contributed by atoms with van der Waals surface area (Å²) in [5.41, 5.74) is 1.68. The Labute approximate surface area is 190 Å². The predicted molar refractivity (Wildman–Crippen MR) is 131 cm³/mol. The number of nitrogens with zero attached hydrogens (tertiary/aromatic N) is 4. The number of hydrogen-bond acceptors (Lipinski definition) is 4. The molecular weight excluding hydrogens is 412 g/mol. The van der Waals surface area contributed by atoms with E-state index in [1.54, 1.807) is 30.3 Å². The predicted octanol–water partition coefficient (Wildman–Crippen LogP) is 4.62. The Hall–Kier alpha value is -4.32. The Morgan fingerprint density at radius 2 is 1.45 bits per heavy atom. The SMILES string of the molecule is C[C@@H](C/C=C/c1ccccc1)c1nc2ccccc2c(=O)n1-n1cnc2ccccc2c1=O. The van der Waals surface area contributed by atoms with Gasteiger partial charge < -0.3 is 0 Å². The fourth-order valence-corrected chi connectivity index (χ4v) is 3.95. The lowest BCUT2D eigenvalue weighted by Crippen LogP contribution is -2.38. The van der Waals surface area contributed by atoms with Crippen molar-refractivity contribution < 1.29 is 0 Å². The largest absolute Gasteiger partial charge is 0.280 e. The summed E-state index contributed by atoms with van der Waals surface area (Å²) in [5, 5.41) is 0.899. The quantitative estimate of drug-likeness (QED) is 0.405. The van der Waals surface area contributed by atoms with Gasteiger partial charge in [-0.1, -0.05) is 73.7 Å². The summed E-state index contributed by atoms with van der Waals surface area (Å²) in [6.45, 7) is 2.00. The van der Waals surface area contributed by atoms with Crippen LogP contribution in [-0.4, -0.2) is 19.3 Å². The van der Waals surface area contributed by atoms with Crippen LogP contribution in [0.5, 0.6) is 0 Å². The van der Waals surface area contributed by atoms with Gasteiger partial charge in [-0.05, 0) is 36.2 Å². The molecule has 0 bridgehead atoms. The maximum absolute atomic E-state index is 13.6. The van der Waals surface area contributed by atoms with Gasteiger partial charge in [-0.2, -0.15) is 9.35 Å². The van der Waals surface area contributed by atoms with Crippen molar-refractivity contribution in [3.05, 3.63) is 123 Å². The molecule has 1 atom stereocenters. The number of aromatic nitrogens is 4. The van der Waals surface area contributed by atoms with Gasteiger partial charge in [0, 0.05) is 5.92 Å². The molecule has 0 radical (unpaired) electrons. The molecular formula is C27H22N4O2. The fourth-order valence-electron chi connectivity index (χ4n) is 3.95. The van der Waals surface area contributed by atoms with Crippen LogP contribution in [-0.2, 0) is 0 Å². The Morgan fingerprint density at radius 1 is 0.818 bits per heavy atom. The Bertz CT molecular complexity index is 1600. The Kier molecular flexibility index (Phi) is 5.40. The van der Waals surface area contributed by atoms with Gasteiger partial charge in [0.1, 0.15) is 12.2 Å². The van der Waals surface area contributed by atoms with Gasteiger partial charge in [-0.25, -0.2) is 9.97 Å². The molecule has 162 valence electrons. The number of fused-ring (bicyclic) bond motifs is 2. The van der Waals surface area contributed by atoms with Crippen LogP contribution in [0.2, 0.25) is 0 Å². The molecule has 0 saturated carbocycles. The molecule has 0 spiro atoms. The van der Waals surface area contributed by atoms with Crippen LogP contribution in [0.25, 0.3) is 27.9 Å². The molecule has 2 heterocycles. The Morgan fingerprint density at radius 3 is 2.21 bits per heavy atom. The molecule has 0 unspecified atom stereocenters. The van der Waals surface area contributed by atoms with Gasteiger partial charge in [-0.15, -0.1) is 0 Å². The van der Waals surface area contributed by atoms with Gasteiger partial charge in [0.15, 0.2) is 0 Å². The average Bonchev–Trinajstić information content (AvgIpc) is 2.85. The topological polar surface area (TPSA) is 69.8 Å². The van der Waals surface area contributed by atoms with Gasteiger partial charge in [0.25, 0.3) is 11.1 Å². The second-order valence-electron chi connectivity index (χ2n) is 7.97. The lowest BCUT2D eigenvalue weighted by Gasteiger charge is -2.18. The van der Waals surface area contributed by atoms with Crippen LogP contribution in [0.1, 0.15) is 30.7 Å². The minimum absolute atomic E-state index is 0.124. The van der Waals surface area contributed by atoms with Crippen LogP contribution >= 0.6 is 0 Å². The van der Waals surface area contributed by atoms with E-state index in [1.807, 2.05) is 61.5 Å². The first-order chi connectivity index (χ1) is 16.1. The van der Waals surface area contributed by atoms with Crippen molar-refractivity contribution in [2.24, 2.45) is 0 Å². The third-order valence-electron chi connectivity index (χ3n) is 5.68. The van der Waals surface area contributed by atoms with E-state index in [4.69, 9.17) is 4.98 Å². The highest BCUT2D eigenvalue weighted by atomic mass is 16.2. The van der Waals surface area contributed by atoms with E-state index in [2.05, 4.69) is 11.1 Å². The second-order valence-corrected chi connectivity index (χ2v) is 7.97. The molecule has 0 saturated heterocycles. The summed E-state index contributed by atoms with van der Waals surface area (Å²) >= 11 is 0. The summed E-state index contributed by atoms with van der Waals surface area (Å²) in [4.78, 5) is 36.1. The van der Waals surface area contributed by atoms with Crippen molar-refractivity contribution in [1.82, 2.24) is 19.3 Å². The van der Waals surface area contributed by atoms with Gasteiger partial charge >= 0.3 is 0 Å². The van der Waals surface area contributed by atoms with E-state index in [-0.39, 0.29) is 17.0 Å². The Balaban J connectivity index is 1.66. The smallest absolute Gasteiger partial charge is 0.267 e. The molecule has 5 aromatic rings. The van der Waals surface area contributed by atoms with Crippen molar-refractivity contribution >= 4 is 27.9 Å². The van der Waals surface area contributed by atoms with Crippen molar-refractivity contribution in [3.8, 4) is 0 Å². The summed E-state index contributed by atoms with van der Waals surface area (Å²) in [5.74, 6) is 0.385. The van der Waals surface area contributed by atoms with E-state index in [0.717, 1.165) is 5.56 Å². The molecule has 6 heteroatoms. The standard InChI is InChI=1S/C27H22N4O2/c1-19(10-9-13-20-11-3-2-4-12-20)25-29-24-17-8-6-15-22(24)27(33)31(25)30-18-28-23-16-7-5-14-21(23)26(30)32/h2-9,11-19H,10H2,1H3/b13-9+/t19-/m0/s1. The summed E-state index contributed by atoms with van der Waals surface area (Å²) in [6.07, 6.45) is 6.16. The van der Waals surface area contributed by atoms with Crippen molar-refractivity contribution in [2.45, 2.75) is 19.3 Å². The first-order valence-corrected chi connectivity index (χ1v) is 10.8. The van der Waals surface area contributed by atoms with Crippen molar-refractivity contribution in [3.63, 3.8) is 0 Å². The van der Waals surface area contributed by atoms with Crippen LogP contribution in [0, 0.1) is 0 Å². The van der Waals surface area contributed by atoms with Crippen LogP contribution in [0.3, 0.4) is 0 Å². The molecule has 0 fully saturated rings. The summed E-state index contributed by atoms with van der Waals surface area (Å²) in [6, 6.07) is 24.3. The third-order valence-corrected chi connectivity index (χ3v) is 5.68. The number of benzene rings is 3. The van der Waals surface area contributed by atoms with Crippen molar-refractivity contribution in [1.29, 1.82) is 0 Å². The lowest BCUT2D eigenvalue weighted by molar-refractivity contribution is 0.524. The fraction of sp³-hybridized carbons (Fsp3) is 0.111.